The number of nitrogens with one attached hydrogen (secondary N) is 1. The van der Waals surface area contributed by atoms with Crippen molar-refractivity contribution in [3.8, 4) is 17.2 Å². The van der Waals surface area contributed by atoms with Gasteiger partial charge in [-0.15, -0.1) is 0 Å². The second-order valence-electron chi connectivity index (χ2n) is 8.86. The third-order valence-electron chi connectivity index (χ3n) is 6.28. The van der Waals surface area contributed by atoms with Crippen LogP contribution >= 0.6 is 0 Å². The van der Waals surface area contributed by atoms with E-state index in [1.807, 2.05) is 31.2 Å². The zero-order valence-corrected chi connectivity index (χ0v) is 20.6. The van der Waals surface area contributed by atoms with Gasteiger partial charge < -0.3 is 24.4 Å². The molecule has 0 unspecified atom stereocenters. The fraction of sp³-hybridized carbons (Fsp3) is 0.481. The quantitative estimate of drug-likeness (QED) is 0.564. The summed E-state index contributed by atoms with van der Waals surface area (Å²) < 4.78 is 16.3. The maximum atomic E-state index is 13.3. The highest BCUT2D eigenvalue weighted by Gasteiger charge is 2.28. The number of rotatable bonds is 10. The summed E-state index contributed by atoms with van der Waals surface area (Å²) in [7, 11) is 3.11. The Morgan fingerprint density at radius 1 is 0.971 bits per heavy atom. The average Bonchev–Trinajstić information content (AvgIpc) is 2.86. The van der Waals surface area contributed by atoms with Crippen LogP contribution in [0.25, 0.3) is 0 Å². The van der Waals surface area contributed by atoms with E-state index < -0.39 is 6.04 Å². The molecule has 7 heteroatoms. The Morgan fingerprint density at radius 2 is 1.56 bits per heavy atom. The number of carbonyl (C=O) groups excluding carboxylic acids is 2. The van der Waals surface area contributed by atoms with Gasteiger partial charge in [0.1, 0.15) is 23.3 Å². The third kappa shape index (κ3) is 7.14. The van der Waals surface area contributed by atoms with Crippen LogP contribution in [-0.2, 0) is 16.1 Å². The molecule has 184 valence electrons. The molecule has 2 aromatic rings. The van der Waals surface area contributed by atoms with Crippen LogP contribution in [0.5, 0.6) is 17.2 Å². The van der Waals surface area contributed by atoms with E-state index in [2.05, 4.69) is 5.32 Å². The van der Waals surface area contributed by atoms with Gasteiger partial charge in [-0.1, -0.05) is 49.1 Å². The highest BCUT2D eigenvalue weighted by Crippen LogP contribution is 2.27. The lowest BCUT2D eigenvalue weighted by Gasteiger charge is -2.31. The Bertz CT molecular complexity index is 932. The average molecular weight is 469 g/mol. The number of carbonyl (C=O) groups is 2. The van der Waals surface area contributed by atoms with E-state index in [0.29, 0.717) is 23.8 Å². The van der Waals surface area contributed by atoms with Crippen molar-refractivity contribution in [2.75, 3.05) is 20.8 Å². The van der Waals surface area contributed by atoms with Crippen LogP contribution in [-0.4, -0.2) is 49.6 Å². The Hall–Kier alpha value is -3.22. The lowest BCUT2D eigenvalue weighted by Crippen LogP contribution is -2.51. The maximum absolute atomic E-state index is 13.3. The Kier molecular flexibility index (Phi) is 9.19. The van der Waals surface area contributed by atoms with Crippen LogP contribution < -0.4 is 19.5 Å². The van der Waals surface area contributed by atoms with Crippen LogP contribution in [0.4, 0.5) is 0 Å². The normalized spacial score (nSPS) is 14.7. The second kappa shape index (κ2) is 12.3. The number of ether oxygens (including phenoxy) is 3. The zero-order valence-electron chi connectivity index (χ0n) is 20.6. The van der Waals surface area contributed by atoms with Crippen molar-refractivity contribution in [1.82, 2.24) is 10.2 Å². The number of hydrogen-bond donors (Lipinski definition) is 1. The molecule has 0 heterocycles. The number of hydrogen-bond acceptors (Lipinski definition) is 5. The molecule has 1 saturated carbocycles. The van der Waals surface area contributed by atoms with E-state index in [4.69, 9.17) is 14.2 Å². The summed E-state index contributed by atoms with van der Waals surface area (Å²) in [5, 5.41) is 3.15. The van der Waals surface area contributed by atoms with Gasteiger partial charge in [0, 0.05) is 30.8 Å². The lowest BCUT2D eigenvalue weighted by atomic mass is 9.95. The van der Waals surface area contributed by atoms with Crippen LogP contribution in [0.1, 0.15) is 50.2 Å². The van der Waals surface area contributed by atoms with E-state index in [9.17, 15) is 9.59 Å². The van der Waals surface area contributed by atoms with Crippen molar-refractivity contribution in [1.29, 1.82) is 0 Å². The molecule has 3 rings (SSSR count). The first-order chi connectivity index (χ1) is 16.4. The second-order valence-corrected chi connectivity index (χ2v) is 8.86. The first-order valence-corrected chi connectivity index (χ1v) is 11.9. The molecule has 2 aromatic carbocycles. The van der Waals surface area contributed by atoms with Crippen molar-refractivity contribution >= 4 is 11.8 Å². The molecule has 1 aliphatic carbocycles. The molecule has 0 radical (unpaired) electrons. The minimum absolute atomic E-state index is 0.129. The maximum Gasteiger partial charge on any atom is 0.261 e. The third-order valence-corrected chi connectivity index (χ3v) is 6.28. The summed E-state index contributed by atoms with van der Waals surface area (Å²) in [6.45, 7) is 3.91. The monoisotopic (exact) mass is 468 g/mol. The predicted molar refractivity (Wildman–Crippen MR) is 131 cm³/mol. The molecule has 2 amide bonds. The molecular weight excluding hydrogens is 432 g/mol. The summed E-state index contributed by atoms with van der Waals surface area (Å²) in [4.78, 5) is 27.9. The molecule has 1 atom stereocenters. The summed E-state index contributed by atoms with van der Waals surface area (Å²) in [5.41, 5.74) is 2.10. The highest BCUT2D eigenvalue weighted by atomic mass is 16.5. The van der Waals surface area contributed by atoms with Crippen molar-refractivity contribution in [2.24, 2.45) is 0 Å². The minimum Gasteiger partial charge on any atom is -0.496 e. The van der Waals surface area contributed by atoms with Gasteiger partial charge in [0.05, 0.1) is 14.2 Å². The van der Waals surface area contributed by atoms with E-state index in [0.717, 1.165) is 36.8 Å². The summed E-state index contributed by atoms with van der Waals surface area (Å²) in [5.74, 6) is 1.19. The van der Waals surface area contributed by atoms with Crippen LogP contribution in [0, 0.1) is 6.92 Å². The van der Waals surface area contributed by atoms with E-state index in [1.54, 1.807) is 44.2 Å². The fourth-order valence-electron chi connectivity index (χ4n) is 4.13. The van der Waals surface area contributed by atoms with Crippen LogP contribution in [0.2, 0.25) is 0 Å². The Labute approximate surface area is 202 Å². The van der Waals surface area contributed by atoms with Gasteiger partial charge in [-0.25, -0.2) is 0 Å². The van der Waals surface area contributed by atoms with E-state index in [-0.39, 0.29) is 24.5 Å². The van der Waals surface area contributed by atoms with Crippen molar-refractivity contribution in [2.45, 2.75) is 64.6 Å². The first kappa shape index (κ1) is 25.4. The SMILES string of the molecule is COc1cc(OC)cc(OCC(=O)N(Cc2ccc(C)cc2)[C@@H](C)C(=O)NC2CCCCC2)c1. The van der Waals surface area contributed by atoms with Crippen molar-refractivity contribution < 1.29 is 23.8 Å². The predicted octanol–water partition coefficient (Wildman–Crippen LogP) is 4.26. The fourth-order valence-corrected chi connectivity index (χ4v) is 4.13. The highest BCUT2D eigenvalue weighted by molar-refractivity contribution is 5.88. The lowest BCUT2D eigenvalue weighted by molar-refractivity contribution is -0.142. The minimum atomic E-state index is -0.626. The van der Waals surface area contributed by atoms with Gasteiger partial charge in [-0.2, -0.15) is 0 Å². The molecule has 0 bridgehead atoms. The molecule has 34 heavy (non-hydrogen) atoms. The van der Waals surface area contributed by atoms with Gasteiger partial charge in [0.2, 0.25) is 5.91 Å². The molecular formula is C27H36N2O5. The first-order valence-electron chi connectivity index (χ1n) is 11.9. The van der Waals surface area contributed by atoms with Gasteiger partial charge in [0.15, 0.2) is 6.61 Å². The number of amides is 2. The number of benzene rings is 2. The molecule has 7 nitrogen and oxygen atoms in total. The number of nitrogens with zero attached hydrogens (tertiary/aromatic N) is 1. The molecule has 0 aromatic heterocycles. The zero-order chi connectivity index (χ0) is 24.5. The Balaban J connectivity index is 1.73. The van der Waals surface area contributed by atoms with Crippen molar-refractivity contribution in [3.05, 3.63) is 53.6 Å². The summed E-state index contributed by atoms with van der Waals surface area (Å²) in [6.07, 6.45) is 5.45. The topological polar surface area (TPSA) is 77.1 Å². The van der Waals surface area contributed by atoms with Crippen molar-refractivity contribution in [3.63, 3.8) is 0 Å². The van der Waals surface area contributed by atoms with Gasteiger partial charge in [-0.05, 0) is 32.3 Å². The van der Waals surface area contributed by atoms with Gasteiger partial charge in [-0.3, -0.25) is 9.59 Å². The number of methoxy groups -OCH3 is 2. The molecule has 0 aliphatic heterocycles. The molecule has 1 fully saturated rings. The van der Waals surface area contributed by atoms with Crippen LogP contribution in [0.3, 0.4) is 0 Å². The molecule has 0 saturated heterocycles. The van der Waals surface area contributed by atoms with Crippen LogP contribution in [0.15, 0.2) is 42.5 Å². The van der Waals surface area contributed by atoms with Gasteiger partial charge in [0.25, 0.3) is 5.91 Å². The smallest absolute Gasteiger partial charge is 0.261 e. The Morgan fingerprint density at radius 3 is 2.15 bits per heavy atom. The summed E-state index contributed by atoms with van der Waals surface area (Å²) >= 11 is 0. The summed E-state index contributed by atoms with van der Waals surface area (Å²) in [6, 6.07) is 12.6. The largest absolute Gasteiger partial charge is 0.496 e. The molecule has 1 aliphatic rings. The van der Waals surface area contributed by atoms with E-state index in [1.165, 1.54) is 6.42 Å². The molecule has 0 spiro atoms. The standard InChI is InChI=1S/C27H36N2O5/c1-19-10-12-21(13-11-19)17-29(20(2)27(31)28-22-8-6-5-7-9-22)26(30)18-34-25-15-23(32-3)14-24(16-25)33-4/h10-16,20,22H,5-9,17-18H2,1-4H3,(H,28,31)/t20-/m0/s1. The molecule has 1 N–H and O–H groups in total. The van der Waals surface area contributed by atoms with Gasteiger partial charge >= 0.3 is 0 Å². The number of aryl methyl sites for hydroxylation is 1. The van der Waals surface area contributed by atoms with E-state index >= 15 is 0 Å².